The van der Waals surface area contributed by atoms with E-state index in [0.29, 0.717) is 23.9 Å². The van der Waals surface area contributed by atoms with Crippen LogP contribution in [-0.2, 0) is 11.2 Å². The Morgan fingerprint density at radius 3 is 2.61 bits per heavy atom. The fraction of sp³-hybridized carbons (Fsp3) is 0.278. The van der Waals surface area contributed by atoms with Crippen molar-refractivity contribution in [1.29, 1.82) is 0 Å². The van der Waals surface area contributed by atoms with Gasteiger partial charge in [-0.15, -0.1) is 0 Å². The van der Waals surface area contributed by atoms with Crippen molar-refractivity contribution in [2.24, 2.45) is 0 Å². The second-order valence-electron chi connectivity index (χ2n) is 4.94. The van der Waals surface area contributed by atoms with E-state index in [1.165, 1.54) is 5.56 Å². The minimum Gasteiger partial charge on any atom is -0.492 e. The topological polar surface area (TPSA) is 47.6 Å². The van der Waals surface area contributed by atoms with Crippen LogP contribution in [0.3, 0.4) is 0 Å². The smallest absolute Gasteiger partial charge is 0.258 e. The van der Waals surface area contributed by atoms with Crippen LogP contribution in [0.25, 0.3) is 0 Å². The summed E-state index contributed by atoms with van der Waals surface area (Å²) in [5.41, 5.74) is 1.18. The number of rotatable bonds is 8. The number of aryl methyl sites for hydroxylation is 1. The second-order valence-corrected chi connectivity index (χ2v) is 5.38. The summed E-state index contributed by atoms with van der Waals surface area (Å²) in [7, 11) is 0. The SMILES string of the molecule is CCc1cccc(OCC(=O)NCCOc2ccc(Cl)cc2)c1. The van der Waals surface area contributed by atoms with Crippen LogP contribution in [0.2, 0.25) is 5.02 Å². The highest BCUT2D eigenvalue weighted by Gasteiger charge is 2.03. The monoisotopic (exact) mass is 333 g/mol. The minimum absolute atomic E-state index is 0.00584. The molecule has 0 radical (unpaired) electrons. The number of amides is 1. The van der Waals surface area contributed by atoms with Crippen LogP contribution in [0.5, 0.6) is 11.5 Å². The van der Waals surface area contributed by atoms with Gasteiger partial charge in [0.25, 0.3) is 5.91 Å². The van der Waals surface area contributed by atoms with Gasteiger partial charge < -0.3 is 14.8 Å². The van der Waals surface area contributed by atoms with Crippen LogP contribution in [0, 0.1) is 0 Å². The summed E-state index contributed by atoms with van der Waals surface area (Å²) < 4.78 is 11.0. The molecule has 2 aromatic rings. The van der Waals surface area contributed by atoms with Crippen molar-refractivity contribution in [3.63, 3.8) is 0 Å². The maximum atomic E-state index is 11.7. The highest BCUT2D eigenvalue weighted by molar-refractivity contribution is 6.30. The number of nitrogens with one attached hydrogen (secondary N) is 1. The molecule has 2 aromatic carbocycles. The normalized spacial score (nSPS) is 10.2. The lowest BCUT2D eigenvalue weighted by molar-refractivity contribution is -0.123. The van der Waals surface area contributed by atoms with Crippen LogP contribution in [-0.4, -0.2) is 25.7 Å². The van der Waals surface area contributed by atoms with E-state index in [1.807, 2.05) is 24.3 Å². The molecule has 0 aliphatic heterocycles. The summed E-state index contributed by atoms with van der Waals surface area (Å²) in [6.45, 7) is 2.87. The van der Waals surface area contributed by atoms with Crippen molar-refractivity contribution >= 4 is 17.5 Å². The molecule has 1 N–H and O–H groups in total. The Kier molecular flexibility index (Phi) is 6.76. The number of benzene rings is 2. The number of carbonyl (C=O) groups excluding carboxylic acids is 1. The van der Waals surface area contributed by atoms with Crippen LogP contribution in [0.1, 0.15) is 12.5 Å². The van der Waals surface area contributed by atoms with E-state index in [1.54, 1.807) is 24.3 Å². The van der Waals surface area contributed by atoms with E-state index in [2.05, 4.69) is 12.2 Å². The summed E-state index contributed by atoms with van der Waals surface area (Å²) in [6, 6.07) is 14.8. The zero-order valence-electron chi connectivity index (χ0n) is 13.0. The third kappa shape index (κ3) is 6.20. The lowest BCUT2D eigenvalue weighted by Crippen LogP contribution is -2.32. The van der Waals surface area contributed by atoms with Crippen molar-refractivity contribution in [3.05, 3.63) is 59.1 Å². The van der Waals surface area contributed by atoms with Gasteiger partial charge in [0, 0.05) is 5.02 Å². The van der Waals surface area contributed by atoms with Crippen LogP contribution in [0.15, 0.2) is 48.5 Å². The predicted molar refractivity (Wildman–Crippen MR) is 91.3 cm³/mol. The molecule has 1 amide bonds. The summed E-state index contributed by atoms with van der Waals surface area (Å²) in [6.07, 6.45) is 0.936. The Bertz CT molecular complexity index is 628. The number of carbonyl (C=O) groups is 1. The molecule has 0 unspecified atom stereocenters. The van der Waals surface area contributed by atoms with E-state index in [4.69, 9.17) is 21.1 Å². The molecular weight excluding hydrogens is 314 g/mol. The first-order valence-electron chi connectivity index (χ1n) is 7.54. The van der Waals surface area contributed by atoms with Gasteiger partial charge in [-0.25, -0.2) is 0 Å². The molecule has 0 aromatic heterocycles. The Balaban J connectivity index is 1.64. The van der Waals surface area contributed by atoms with Crippen molar-refractivity contribution in [2.45, 2.75) is 13.3 Å². The van der Waals surface area contributed by atoms with Crippen molar-refractivity contribution in [3.8, 4) is 11.5 Å². The minimum atomic E-state index is -0.174. The van der Waals surface area contributed by atoms with Gasteiger partial charge in [-0.1, -0.05) is 30.7 Å². The molecule has 0 saturated heterocycles. The van der Waals surface area contributed by atoms with Gasteiger partial charge in [0.1, 0.15) is 18.1 Å². The first kappa shape index (κ1) is 17.2. The molecule has 0 atom stereocenters. The predicted octanol–water partition coefficient (Wildman–Crippen LogP) is 3.48. The average Bonchev–Trinajstić information content (AvgIpc) is 2.58. The maximum Gasteiger partial charge on any atom is 0.258 e. The Labute approximate surface area is 141 Å². The van der Waals surface area contributed by atoms with Crippen molar-refractivity contribution in [1.82, 2.24) is 5.32 Å². The maximum absolute atomic E-state index is 11.7. The van der Waals surface area contributed by atoms with E-state index >= 15 is 0 Å². The third-order valence-electron chi connectivity index (χ3n) is 3.18. The molecule has 2 rings (SSSR count). The molecule has 122 valence electrons. The van der Waals surface area contributed by atoms with Gasteiger partial charge in [0.2, 0.25) is 0 Å². The second kappa shape index (κ2) is 9.06. The molecule has 0 heterocycles. The Morgan fingerprint density at radius 1 is 1.09 bits per heavy atom. The average molecular weight is 334 g/mol. The molecule has 23 heavy (non-hydrogen) atoms. The van der Waals surface area contributed by atoms with Gasteiger partial charge in [-0.2, -0.15) is 0 Å². The first-order chi connectivity index (χ1) is 11.2. The molecule has 4 nitrogen and oxygen atoms in total. The van der Waals surface area contributed by atoms with Gasteiger partial charge >= 0.3 is 0 Å². The lowest BCUT2D eigenvalue weighted by atomic mass is 10.2. The van der Waals surface area contributed by atoms with E-state index in [0.717, 1.165) is 12.2 Å². The largest absolute Gasteiger partial charge is 0.492 e. The molecule has 0 bridgehead atoms. The molecule has 0 aliphatic rings. The Hall–Kier alpha value is -2.20. The van der Waals surface area contributed by atoms with Crippen molar-refractivity contribution < 1.29 is 14.3 Å². The summed E-state index contributed by atoms with van der Waals surface area (Å²) in [5.74, 6) is 1.25. The zero-order valence-corrected chi connectivity index (χ0v) is 13.8. The van der Waals surface area contributed by atoms with Gasteiger partial charge in [0.05, 0.1) is 6.54 Å². The fourth-order valence-electron chi connectivity index (χ4n) is 1.95. The van der Waals surface area contributed by atoms with Crippen molar-refractivity contribution in [2.75, 3.05) is 19.8 Å². The number of halogens is 1. The number of hydrogen-bond donors (Lipinski definition) is 1. The quantitative estimate of drug-likeness (QED) is 0.752. The highest BCUT2D eigenvalue weighted by atomic mass is 35.5. The van der Waals surface area contributed by atoms with Gasteiger partial charge in [-0.05, 0) is 48.4 Å². The third-order valence-corrected chi connectivity index (χ3v) is 3.44. The standard InChI is InChI=1S/C18H20ClNO3/c1-2-14-4-3-5-17(12-14)23-13-18(21)20-10-11-22-16-8-6-15(19)7-9-16/h3-9,12H,2,10-11,13H2,1H3,(H,20,21). The van der Waals surface area contributed by atoms with E-state index in [9.17, 15) is 4.79 Å². The van der Waals surface area contributed by atoms with E-state index < -0.39 is 0 Å². The molecule has 5 heteroatoms. The molecular formula is C18H20ClNO3. The summed E-state index contributed by atoms with van der Waals surface area (Å²) in [5, 5.41) is 3.41. The number of hydrogen-bond acceptors (Lipinski definition) is 3. The lowest BCUT2D eigenvalue weighted by Gasteiger charge is -2.09. The van der Waals surface area contributed by atoms with Gasteiger partial charge in [0.15, 0.2) is 6.61 Å². The number of ether oxygens (including phenoxy) is 2. The van der Waals surface area contributed by atoms with E-state index in [-0.39, 0.29) is 12.5 Å². The van der Waals surface area contributed by atoms with Crippen LogP contribution >= 0.6 is 11.6 Å². The Morgan fingerprint density at radius 2 is 1.87 bits per heavy atom. The molecule has 0 fully saturated rings. The fourth-order valence-corrected chi connectivity index (χ4v) is 2.07. The van der Waals surface area contributed by atoms with Gasteiger partial charge in [-0.3, -0.25) is 4.79 Å². The first-order valence-corrected chi connectivity index (χ1v) is 7.92. The molecule has 0 saturated carbocycles. The van der Waals surface area contributed by atoms with Crippen LogP contribution < -0.4 is 14.8 Å². The van der Waals surface area contributed by atoms with Crippen LogP contribution in [0.4, 0.5) is 0 Å². The molecule has 0 aliphatic carbocycles. The molecule has 0 spiro atoms. The zero-order chi connectivity index (χ0) is 16.5. The summed E-state index contributed by atoms with van der Waals surface area (Å²) in [4.78, 5) is 11.7. The summed E-state index contributed by atoms with van der Waals surface area (Å²) >= 11 is 5.79. The highest BCUT2D eigenvalue weighted by Crippen LogP contribution is 2.15.